The zero-order valence-electron chi connectivity index (χ0n) is 17.0. The molecule has 4 rings (SSSR count). The van der Waals surface area contributed by atoms with Crippen LogP contribution in [0.1, 0.15) is 11.1 Å². The summed E-state index contributed by atoms with van der Waals surface area (Å²) in [6, 6.07) is 9.58. The molecule has 0 saturated carbocycles. The number of aromatic nitrogens is 3. The number of aromatic amines is 1. The Balaban J connectivity index is 1.92. The first-order valence-electron chi connectivity index (χ1n) is 9.43. The molecule has 4 aromatic rings. The number of nitrogens with one attached hydrogen (secondary N) is 1. The van der Waals surface area contributed by atoms with Crippen LogP contribution < -0.4 is 5.56 Å². The van der Waals surface area contributed by atoms with E-state index in [0.29, 0.717) is 5.56 Å². The van der Waals surface area contributed by atoms with E-state index in [-0.39, 0.29) is 16.8 Å². The highest BCUT2D eigenvalue weighted by Gasteiger charge is 2.40. The summed E-state index contributed by atoms with van der Waals surface area (Å²) in [6.07, 6.45) is -4.96. The molecule has 2 aromatic carbocycles. The normalized spacial score (nSPS) is 11.5. The minimum absolute atomic E-state index is 0.0375. The lowest BCUT2D eigenvalue weighted by molar-refractivity contribution is -0.385. The van der Waals surface area contributed by atoms with Crippen molar-refractivity contribution in [2.75, 3.05) is 0 Å². The molecule has 0 aliphatic heterocycles. The zero-order valence-corrected chi connectivity index (χ0v) is 17.0. The number of nitrogens with zero attached hydrogens (tertiary/aromatic N) is 3. The highest BCUT2D eigenvalue weighted by Crippen LogP contribution is 2.41. The summed E-state index contributed by atoms with van der Waals surface area (Å²) >= 11 is 0. The van der Waals surface area contributed by atoms with Crippen LogP contribution in [0.3, 0.4) is 0 Å². The number of benzene rings is 2. The van der Waals surface area contributed by atoms with Crippen LogP contribution in [0.4, 0.5) is 18.9 Å². The largest absolute Gasteiger partial charge is 0.504 e. The van der Waals surface area contributed by atoms with Crippen LogP contribution in [0.15, 0.2) is 51.8 Å². The van der Waals surface area contributed by atoms with Gasteiger partial charge < -0.3 is 19.7 Å². The molecule has 10 nitrogen and oxygen atoms in total. The maximum atomic E-state index is 14.1. The van der Waals surface area contributed by atoms with Gasteiger partial charge in [0.25, 0.3) is 11.4 Å². The number of rotatable bonds is 4. The molecule has 174 valence electrons. The first kappa shape index (κ1) is 22.5. The van der Waals surface area contributed by atoms with Crippen molar-refractivity contribution in [1.82, 2.24) is 15.1 Å². The quantitative estimate of drug-likeness (QED) is 0.223. The smallest absolute Gasteiger partial charge is 0.417 e. The maximum Gasteiger partial charge on any atom is 0.417 e. The molecule has 34 heavy (non-hydrogen) atoms. The molecule has 0 saturated heterocycles. The van der Waals surface area contributed by atoms with Crippen LogP contribution in [0.5, 0.6) is 11.5 Å². The van der Waals surface area contributed by atoms with Crippen LogP contribution in [0.2, 0.25) is 0 Å². The number of alkyl halides is 3. The first-order chi connectivity index (χ1) is 16.0. The number of nitro groups is 1. The summed E-state index contributed by atoms with van der Waals surface area (Å²) in [6.45, 7) is 1.19. The number of H-pyrrole nitrogens is 1. The van der Waals surface area contributed by atoms with Crippen molar-refractivity contribution in [3.05, 3.63) is 74.1 Å². The van der Waals surface area contributed by atoms with E-state index in [0.717, 1.165) is 12.1 Å². The molecule has 0 aliphatic rings. The number of nitro benzene ring substituents is 1. The van der Waals surface area contributed by atoms with Crippen molar-refractivity contribution in [3.8, 4) is 45.6 Å². The molecule has 13 heteroatoms. The van der Waals surface area contributed by atoms with Gasteiger partial charge in [-0.2, -0.15) is 18.2 Å². The van der Waals surface area contributed by atoms with E-state index in [9.17, 15) is 38.3 Å². The molecule has 0 unspecified atom stereocenters. The van der Waals surface area contributed by atoms with Gasteiger partial charge in [-0.3, -0.25) is 14.9 Å². The Bertz CT molecular complexity index is 1480. The van der Waals surface area contributed by atoms with Gasteiger partial charge in [0.1, 0.15) is 5.56 Å². The average molecular weight is 474 g/mol. The number of pyridine rings is 1. The SMILES string of the molecule is Cc1c(-c2ccccc2)[nH]c(=O)c(-c2noc(-c3cc(O)c(O)c([N+](=O)[O-])c3)n2)c1C(F)(F)F. The first-order valence-corrected chi connectivity index (χ1v) is 9.43. The van der Waals surface area contributed by atoms with Gasteiger partial charge in [-0.15, -0.1) is 0 Å². The lowest BCUT2D eigenvalue weighted by Crippen LogP contribution is -2.21. The molecule has 0 radical (unpaired) electrons. The van der Waals surface area contributed by atoms with Gasteiger partial charge in [0.2, 0.25) is 11.6 Å². The fourth-order valence-electron chi connectivity index (χ4n) is 3.47. The molecule has 0 fully saturated rings. The standard InChI is InChI=1S/C21H13F3N4O6/c1-9-15(21(22,23)24)14(19(31)25-16(9)10-5-3-2-4-6-10)18-26-20(34-27-18)11-7-12(28(32)33)17(30)13(29)8-11/h2-8,29-30H,1H3,(H,25,31). The fraction of sp³-hybridized carbons (Fsp3) is 0.0952. The fourth-order valence-corrected chi connectivity index (χ4v) is 3.47. The molecule has 0 spiro atoms. The van der Waals surface area contributed by atoms with Crippen molar-refractivity contribution in [1.29, 1.82) is 0 Å². The number of hydrogen-bond acceptors (Lipinski definition) is 8. The highest BCUT2D eigenvalue weighted by atomic mass is 19.4. The van der Waals surface area contributed by atoms with Crippen LogP contribution in [0, 0.1) is 17.0 Å². The summed E-state index contributed by atoms with van der Waals surface area (Å²) in [7, 11) is 0. The number of aromatic hydroxyl groups is 2. The summed E-state index contributed by atoms with van der Waals surface area (Å²) < 4.78 is 47.1. The second kappa shape index (κ2) is 8.03. The molecular formula is C21H13F3N4O6. The number of phenols is 2. The number of hydrogen-bond donors (Lipinski definition) is 3. The van der Waals surface area contributed by atoms with Crippen LogP contribution in [-0.2, 0) is 6.18 Å². The Kier molecular flexibility index (Phi) is 5.31. The monoisotopic (exact) mass is 474 g/mol. The third kappa shape index (κ3) is 3.83. The lowest BCUT2D eigenvalue weighted by Gasteiger charge is -2.16. The Morgan fingerprint density at radius 3 is 2.41 bits per heavy atom. The second-order valence-electron chi connectivity index (χ2n) is 7.11. The zero-order chi connectivity index (χ0) is 24.8. The summed E-state index contributed by atoms with van der Waals surface area (Å²) in [4.78, 5) is 29.1. The highest BCUT2D eigenvalue weighted by molar-refractivity contribution is 5.73. The van der Waals surface area contributed by atoms with E-state index in [1.165, 1.54) is 19.1 Å². The molecule has 3 N–H and O–H groups in total. The molecule has 0 aliphatic carbocycles. The Morgan fingerprint density at radius 2 is 1.79 bits per heavy atom. The van der Waals surface area contributed by atoms with E-state index in [4.69, 9.17) is 4.52 Å². The maximum absolute atomic E-state index is 14.1. The van der Waals surface area contributed by atoms with Crippen molar-refractivity contribution < 1.29 is 32.8 Å². The van der Waals surface area contributed by atoms with E-state index in [1.807, 2.05) is 0 Å². The third-order valence-electron chi connectivity index (χ3n) is 4.97. The van der Waals surface area contributed by atoms with E-state index in [1.54, 1.807) is 18.2 Å². The second-order valence-corrected chi connectivity index (χ2v) is 7.11. The number of halogens is 3. The van der Waals surface area contributed by atoms with Gasteiger partial charge in [-0.25, -0.2) is 0 Å². The van der Waals surface area contributed by atoms with Gasteiger partial charge in [-0.1, -0.05) is 35.5 Å². The summed E-state index contributed by atoms with van der Waals surface area (Å²) in [5.74, 6) is -3.15. The van der Waals surface area contributed by atoms with Gasteiger partial charge in [0, 0.05) is 6.07 Å². The number of phenolic OH excluding ortho intramolecular Hbond substituents is 2. The van der Waals surface area contributed by atoms with Crippen molar-refractivity contribution in [2.24, 2.45) is 0 Å². The van der Waals surface area contributed by atoms with E-state index < -0.39 is 56.7 Å². The average Bonchev–Trinajstić information content (AvgIpc) is 3.26. The van der Waals surface area contributed by atoms with E-state index >= 15 is 0 Å². The molecular weight excluding hydrogens is 461 g/mol. The van der Waals surface area contributed by atoms with Crippen molar-refractivity contribution in [2.45, 2.75) is 13.1 Å². The molecule has 2 aromatic heterocycles. The minimum atomic E-state index is -4.96. The lowest BCUT2D eigenvalue weighted by atomic mass is 9.97. The molecule has 0 atom stereocenters. The van der Waals surface area contributed by atoms with Gasteiger partial charge in [0.05, 0.1) is 21.7 Å². The van der Waals surface area contributed by atoms with E-state index in [2.05, 4.69) is 15.1 Å². The third-order valence-corrected chi connectivity index (χ3v) is 4.97. The topological polar surface area (TPSA) is 155 Å². The van der Waals surface area contributed by atoms with Crippen molar-refractivity contribution in [3.63, 3.8) is 0 Å². The minimum Gasteiger partial charge on any atom is -0.504 e. The predicted molar refractivity (Wildman–Crippen MR) is 111 cm³/mol. The Hall–Kier alpha value is -4.68. The van der Waals surface area contributed by atoms with Crippen LogP contribution in [0.25, 0.3) is 34.1 Å². The predicted octanol–water partition coefficient (Wildman–Crippen LogP) is 4.41. The molecule has 2 heterocycles. The van der Waals surface area contributed by atoms with Gasteiger partial charge >= 0.3 is 11.9 Å². The van der Waals surface area contributed by atoms with Crippen LogP contribution >= 0.6 is 0 Å². The van der Waals surface area contributed by atoms with Gasteiger partial charge in [0.15, 0.2) is 5.75 Å². The Labute approximate surface area is 187 Å². The molecule has 0 amide bonds. The molecule has 0 bridgehead atoms. The van der Waals surface area contributed by atoms with Crippen molar-refractivity contribution >= 4 is 5.69 Å². The Morgan fingerprint density at radius 1 is 1.12 bits per heavy atom. The summed E-state index contributed by atoms with van der Waals surface area (Å²) in [5.41, 5.74) is -4.44. The summed E-state index contributed by atoms with van der Waals surface area (Å²) in [5, 5.41) is 33.9. The van der Waals surface area contributed by atoms with Crippen LogP contribution in [-0.4, -0.2) is 30.3 Å². The van der Waals surface area contributed by atoms with Gasteiger partial charge in [-0.05, 0) is 24.1 Å².